The monoisotopic (exact) mass is 640 g/mol. The molecule has 6 nitrogen and oxygen atoms in total. The first-order valence-electron chi connectivity index (χ1n) is 13.2. The smallest absolute Gasteiger partial charge is 0.385 e. The van der Waals surface area contributed by atoms with Crippen LogP contribution in [0.1, 0.15) is 60.3 Å². The maximum atomic E-state index is 11.9. The number of carbonyl (C=O) groups excluding carboxylic acids is 1. The number of hydrogen-bond acceptors (Lipinski definition) is 5. The Labute approximate surface area is 241 Å². The van der Waals surface area contributed by atoms with Gasteiger partial charge in [0.25, 0.3) is 5.91 Å². The molecule has 0 saturated heterocycles. The van der Waals surface area contributed by atoms with E-state index in [0.29, 0.717) is 25.4 Å². The number of anilines is 2. The summed E-state index contributed by atoms with van der Waals surface area (Å²) in [5, 5.41) is 6.47. The van der Waals surface area contributed by atoms with Crippen LogP contribution in [0, 0.1) is 0 Å². The molecule has 0 bridgehead atoms. The van der Waals surface area contributed by atoms with Gasteiger partial charge >= 0.3 is 8.80 Å². The van der Waals surface area contributed by atoms with Crippen molar-refractivity contribution in [2.24, 2.45) is 0 Å². The highest BCUT2D eigenvalue weighted by Crippen LogP contribution is 2.32. The highest BCUT2D eigenvalue weighted by atomic mass is 127. The second kappa shape index (κ2) is 17.7. The lowest BCUT2D eigenvalue weighted by Gasteiger charge is -2.34. The molecule has 2 N–H and O–H groups in total. The summed E-state index contributed by atoms with van der Waals surface area (Å²) in [7, 11) is -2.79. The van der Waals surface area contributed by atoms with E-state index in [9.17, 15) is 4.79 Å². The predicted octanol–water partition coefficient (Wildman–Crippen LogP) is 7.90. The van der Waals surface area contributed by atoms with Crippen molar-refractivity contribution in [3.05, 3.63) is 60.7 Å². The van der Waals surface area contributed by atoms with E-state index in [1.165, 1.54) is 0 Å². The molecule has 0 spiro atoms. The first-order chi connectivity index (χ1) is 17.4. The summed E-state index contributed by atoms with van der Waals surface area (Å²) in [6.45, 7) is 16.7. The number of nitrogens with one attached hydrogen (secondary N) is 2. The average Bonchev–Trinajstić information content (AvgIpc) is 2.89. The summed E-state index contributed by atoms with van der Waals surface area (Å²) in [4.78, 5) is 11.9. The summed E-state index contributed by atoms with van der Waals surface area (Å²) in [5.41, 5.74) is 4.66. The Hall–Kier alpha value is -1.72. The average molecular weight is 641 g/mol. The van der Waals surface area contributed by atoms with Crippen LogP contribution in [-0.4, -0.2) is 41.1 Å². The third-order valence-corrected chi connectivity index (χ3v) is 9.10. The number of rotatable bonds is 17. The zero-order valence-corrected chi connectivity index (χ0v) is 26.4. The first-order valence-corrected chi connectivity index (χ1v) is 15.0. The molecule has 1 atom stereocenters. The van der Waals surface area contributed by atoms with E-state index in [1.54, 1.807) is 6.92 Å². The molecule has 0 saturated carbocycles. The number of hydrogen-bond donors (Lipinski definition) is 2. The quantitative estimate of drug-likeness (QED) is 0.105. The molecule has 0 aliphatic carbocycles. The van der Waals surface area contributed by atoms with Gasteiger partial charge in [0.1, 0.15) is 0 Å². The van der Waals surface area contributed by atoms with Gasteiger partial charge in [-0.25, -0.2) is 0 Å². The summed E-state index contributed by atoms with van der Waals surface area (Å²) in [5.74, 6) is -0.174. The van der Waals surface area contributed by atoms with E-state index in [1.807, 2.05) is 36.4 Å². The molecule has 2 aromatic rings. The van der Waals surface area contributed by atoms with Crippen molar-refractivity contribution in [1.82, 2.24) is 0 Å². The number of carbonyl (C=O) groups is 1. The Morgan fingerprint density at radius 2 is 1.46 bits per heavy atom. The van der Waals surface area contributed by atoms with E-state index < -0.39 is 8.80 Å². The fourth-order valence-electron chi connectivity index (χ4n) is 3.74. The van der Waals surface area contributed by atoms with Gasteiger partial charge in [-0.2, -0.15) is 0 Å². The highest BCUT2D eigenvalue weighted by Gasteiger charge is 2.46. The van der Waals surface area contributed by atoms with Crippen LogP contribution in [0.2, 0.25) is 5.54 Å². The van der Waals surface area contributed by atoms with Crippen LogP contribution in [-0.2, 0) is 18.1 Å². The molecule has 8 heteroatoms. The van der Waals surface area contributed by atoms with Crippen molar-refractivity contribution < 1.29 is 18.1 Å². The molecule has 2 aromatic carbocycles. The van der Waals surface area contributed by atoms with Gasteiger partial charge in [-0.1, -0.05) is 64.6 Å². The van der Waals surface area contributed by atoms with Crippen LogP contribution < -0.4 is 10.6 Å². The number of para-hydroxylation sites is 1. The second-order valence-corrected chi connectivity index (χ2v) is 12.2. The normalized spacial score (nSPS) is 11.9. The second-order valence-electron chi connectivity index (χ2n) is 9.12. The predicted molar refractivity (Wildman–Crippen MR) is 168 cm³/mol. The minimum Gasteiger partial charge on any atom is -0.385 e. The van der Waals surface area contributed by atoms with Crippen LogP contribution in [0.4, 0.5) is 11.4 Å². The zero-order chi connectivity index (χ0) is 26.4. The Bertz CT molecular complexity index is 933. The van der Waals surface area contributed by atoms with Crippen LogP contribution >= 0.6 is 24.0 Å². The molecule has 0 aromatic heterocycles. The molecule has 206 valence electrons. The number of amides is 1. The molecular weight excluding hydrogens is 595 g/mol. The topological polar surface area (TPSA) is 68.8 Å². The van der Waals surface area contributed by atoms with Gasteiger partial charge in [-0.3, -0.25) is 4.79 Å². The molecule has 0 aliphatic heterocycles. The van der Waals surface area contributed by atoms with Gasteiger partial charge in [0.05, 0.1) is 0 Å². The molecule has 2 rings (SSSR count). The Kier molecular flexibility index (Phi) is 16.0. The van der Waals surface area contributed by atoms with E-state index in [2.05, 4.69) is 57.0 Å². The zero-order valence-electron chi connectivity index (χ0n) is 23.1. The van der Waals surface area contributed by atoms with Gasteiger partial charge < -0.3 is 23.9 Å². The van der Waals surface area contributed by atoms with Crippen molar-refractivity contribution in [3.8, 4) is 11.1 Å². The van der Waals surface area contributed by atoms with Gasteiger partial charge in [-0.15, -0.1) is 24.0 Å². The van der Waals surface area contributed by atoms with Crippen LogP contribution in [0.5, 0.6) is 0 Å². The summed E-state index contributed by atoms with van der Waals surface area (Å²) in [6, 6.07) is 16.1. The Morgan fingerprint density at radius 3 is 1.97 bits per heavy atom. The number of benzene rings is 2. The molecular formula is C29H45IN2O4Si. The highest BCUT2D eigenvalue weighted by molar-refractivity contribution is 14.0. The SMILES string of the molecule is C=C(C)C(=O)Nc1ccc(-c2ccccc2NCCC(C)[Si](OCCC)(OCCC)OCCC)cc1.I. The molecule has 0 aliphatic rings. The van der Waals surface area contributed by atoms with Crippen LogP contribution in [0.15, 0.2) is 60.7 Å². The van der Waals surface area contributed by atoms with E-state index in [0.717, 1.165) is 54.7 Å². The number of halogens is 1. The van der Waals surface area contributed by atoms with Crippen molar-refractivity contribution >= 4 is 50.1 Å². The van der Waals surface area contributed by atoms with Gasteiger partial charge in [0.2, 0.25) is 0 Å². The van der Waals surface area contributed by atoms with Crippen molar-refractivity contribution in [3.63, 3.8) is 0 Å². The van der Waals surface area contributed by atoms with Crippen LogP contribution in [0.3, 0.4) is 0 Å². The van der Waals surface area contributed by atoms with Gasteiger partial charge in [-0.05, 0) is 56.4 Å². The molecule has 1 unspecified atom stereocenters. The minimum absolute atomic E-state index is 0. The maximum absolute atomic E-state index is 11.9. The van der Waals surface area contributed by atoms with Crippen molar-refractivity contribution in [1.29, 1.82) is 0 Å². The molecule has 1 amide bonds. The lowest BCUT2D eigenvalue weighted by molar-refractivity contribution is -0.112. The minimum atomic E-state index is -2.79. The van der Waals surface area contributed by atoms with Crippen LogP contribution in [0.25, 0.3) is 11.1 Å². The standard InChI is InChI=1S/C29H44N2O4Si.HI/c1-7-20-33-36(34-21-8-2,35-22-9-3)24(6)18-19-30-28-13-11-10-12-27(28)25-14-16-26(17-15-25)31-29(32)23(4)5;/h10-17,24,30H,4,7-9,18-22H2,1-3,5-6H3,(H,31,32);1H. The summed E-state index contributed by atoms with van der Waals surface area (Å²) < 4.78 is 19.0. The van der Waals surface area contributed by atoms with E-state index >= 15 is 0 Å². The van der Waals surface area contributed by atoms with Gasteiger partial charge in [0.15, 0.2) is 0 Å². The van der Waals surface area contributed by atoms with Crippen molar-refractivity contribution in [2.45, 2.75) is 65.8 Å². The molecule has 37 heavy (non-hydrogen) atoms. The molecule has 0 heterocycles. The third kappa shape index (κ3) is 10.5. The van der Waals surface area contributed by atoms with Crippen molar-refractivity contribution in [2.75, 3.05) is 37.0 Å². The van der Waals surface area contributed by atoms with Gasteiger partial charge in [0, 0.05) is 54.4 Å². The third-order valence-electron chi connectivity index (χ3n) is 5.79. The first kappa shape index (κ1) is 33.3. The summed E-state index contributed by atoms with van der Waals surface area (Å²) >= 11 is 0. The van der Waals surface area contributed by atoms with E-state index in [4.69, 9.17) is 13.3 Å². The molecule has 0 radical (unpaired) electrons. The Balaban J connectivity index is 0.00000684. The lowest BCUT2D eigenvalue weighted by Crippen LogP contribution is -2.50. The fraction of sp³-hybridized carbons (Fsp3) is 0.483. The summed E-state index contributed by atoms with van der Waals surface area (Å²) in [6.07, 6.45) is 3.69. The fourth-order valence-corrected chi connectivity index (χ4v) is 6.81. The molecule has 0 fully saturated rings. The van der Waals surface area contributed by atoms with E-state index in [-0.39, 0.29) is 35.4 Å². The Morgan fingerprint density at radius 1 is 0.919 bits per heavy atom. The maximum Gasteiger partial charge on any atom is 0.504 e. The largest absolute Gasteiger partial charge is 0.504 e. The lowest BCUT2D eigenvalue weighted by atomic mass is 10.0.